The number of benzene rings is 2. The van der Waals surface area contributed by atoms with Crippen molar-refractivity contribution in [2.45, 2.75) is 13.0 Å². The van der Waals surface area contributed by atoms with Gasteiger partial charge in [0.25, 0.3) is 5.91 Å². The topological polar surface area (TPSA) is 64.6 Å². The standard InChI is InChI=1S/C17H15Cl2NO4/c1-10(16(21)20-14-3-5-15(23-2)6-4-14)24-17(22)11-7-12(18)9-13(19)8-11/h3-10H,1-2H3,(H,20,21). The lowest BCUT2D eigenvalue weighted by molar-refractivity contribution is -0.123. The van der Waals surface area contributed by atoms with Crippen LogP contribution in [0, 0.1) is 0 Å². The van der Waals surface area contributed by atoms with Crippen molar-refractivity contribution in [1.82, 2.24) is 0 Å². The van der Waals surface area contributed by atoms with Crippen molar-refractivity contribution in [2.75, 3.05) is 12.4 Å². The molecule has 2 aromatic rings. The zero-order valence-corrected chi connectivity index (χ0v) is 14.5. The molecule has 24 heavy (non-hydrogen) atoms. The second-order valence-electron chi connectivity index (χ2n) is 4.92. The fourth-order valence-corrected chi connectivity index (χ4v) is 2.40. The van der Waals surface area contributed by atoms with Crippen LogP contribution in [0.4, 0.5) is 5.69 Å². The number of carbonyl (C=O) groups excluding carboxylic acids is 2. The third-order valence-corrected chi connectivity index (χ3v) is 3.55. The molecule has 1 N–H and O–H groups in total. The fraction of sp³-hybridized carbons (Fsp3) is 0.176. The Morgan fingerprint density at radius 2 is 1.62 bits per heavy atom. The van der Waals surface area contributed by atoms with Crippen molar-refractivity contribution in [3.05, 3.63) is 58.1 Å². The first kappa shape index (κ1) is 18.1. The molecule has 0 radical (unpaired) electrons. The molecule has 5 nitrogen and oxygen atoms in total. The van der Waals surface area contributed by atoms with Gasteiger partial charge in [-0.15, -0.1) is 0 Å². The summed E-state index contributed by atoms with van der Waals surface area (Å²) in [6.45, 7) is 1.48. The Bertz CT molecular complexity index is 727. The van der Waals surface area contributed by atoms with Crippen LogP contribution >= 0.6 is 23.2 Å². The van der Waals surface area contributed by atoms with Crippen LogP contribution in [0.1, 0.15) is 17.3 Å². The van der Waals surface area contributed by atoms with E-state index in [2.05, 4.69) is 5.32 Å². The molecule has 0 saturated carbocycles. The van der Waals surface area contributed by atoms with Crippen molar-refractivity contribution < 1.29 is 19.1 Å². The third-order valence-electron chi connectivity index (χ3n) is 3.11. The molecule has 126 valence electrons. The van der Waals surface area contributed by atoms with Gasteiger partial charge in [-0.05, 0) is 49.4 Å². The van der Waals surface area contributed by atoms with E-state index >= 15 is 0 Å². The van der Waals surface area contributed by atoms with Gasteiger partial charge in [-0.3, -0.25) is 4.79 Å². The third kappa shape index (κ3) is 4.88. The van der Waals surface area contributed by atoms with Gasteiger partial charge in [-0.25, -0.2) is 4.79 Å². The normalized spacial score (nSPS) is 11.5. The van der Waals surface area contributed by atoms with E-state index in [4.69, 9.17) is 32.7 Å². The minimum Gasteiger partial charge on any atom is -0.497 e. The van der Waals surface area contributed by atoms with E-state index in [1.54, 1.807) is 31.4 Å². The summed E-state index contributed by atoms with van der Waals surface area (Å²) in [7, 11) is 1.55. The van der Waals surface area contributed by atoms with Crippen LogP contribution in [0.15, 0.2) is 42.5 Å². The van der Waals surface area contributed by atoms with Gasteiger partial charge in [0, 0.05) is 15.7 Å². The number of esters is 1. The van der Waals surface area contributed by atoms with Crippen molar-refractivity contribution in [3.8, 4) is 5.75 Å². The summed E-state index contributed by atoms with van der Waals surface area (Å²) in [5.74, 6) is -0.469. The molecule has 0 spiro atoms. The molecule has 0 bridgehead atoms. The highest BCUT2D eigenvalue weighted by Gasteiger charge is 2.19. The zero-order chi connectivity index (χ0) is 17.7. The molecular formula is C17H15Cl2NO4. The Kier molecular flexibility index (Phi) is 6.06. The van der Waals surface area contributed by atoms with Crippen molar-refractivity contribution in [1.29, 1.82) is 0 Å². The van der Waals surface area contributed by atoms with Crippen LogP contribution in [-0.2, 0) is 9.53 Å². The largest absolute Gasteiger partial charge is 0.497 e. The highest BCUT2D eigenvalue weighted by molar-refractivity contribution is 6.35. The monoisotopic (exact) mass is 367 g/mol. The molecule has 0 aliphatic carbocycles. The number of anilines is 1. The maximum Gasteiger partial charge on any atom is 0.339 e. The van der Waals surface area contributed by atoms with Crippen molar-refractivity contribution >= 4 is 40.8 Å². The van der Waals surface area contributed by atoms with E-state index in [-0.39, 0.29) is 5.56 Å². The Balaban J connectivity index is 1.98. The molecule has 1 amide bonds. The van der Waals surface area contributed by atoms with Gasteiger partial charge in [-0.2, -0.15) is 0 Å². The highest BCUT2D eigenvalue weighted by Crippen LogP contribution is 2.20. The van der Waals surface area contributed by atoms with Gasteiger partial charge in [0.15, 0.2) is 6.10 Å². The van der Waals surface area contributed by atoms with E-state index in [0.29, 0.717) is 21.5 Å². The maximum absolute atomic E-state index is 12.1. The average molecular weight is 368 g/mol. The Morgan fingerprint density at radius 1 is 1.04 bits per heavy atom. The van der Waals surface area contributed by atoms with Crippen LogP contribution in [0.5, 0.6) is 5.75 Å². The van der Waals surface area contributed by atoms with Gasteiger partial charge in [0.2, 0.25) is 0 Å². The molecular weight excluding hydrogens is 353 g/mol. The first-order chi connectivity index (χ1) is 11.4. The predicted octanol–water partition coefficient (Wildman–Crippen LogP) is 4.19. The van der Waals surface area contributed by atoms with Crippen molar-refractivity contribution in [3.63, 3.8) is 0 Å². The highest BCUT2D eigenvalue weighted by atomic mass is 35.5. The second-order valence-corrected chi connectivity index (χ2v) is 5.80. The number of methoxy groups -OCH3 is 1. The summed E-state index contributed by atoms with van der Waals surface area (Å²) in [6, 6.07) is 11.1. The van der Waals surface area contributed by atoms with E-state index in [9.17, 15) is 9.59 Å². The number of ether oxygens (including phenoxy) is 2. The van der Waals surface area contributed by atoms with E-state index in [1.165, 1.54) is 25.1 Å². The summed E-state index contributed by atoms with van der Waals surface area (Å²) >= 11 is 11.7. The number of hydrogen-bond donors (Lipinski definition) is 1. The minimum absolute atomic E-state index is 0.177. The molecule has 0 heterocycles. The molecule has 0 aliphatic rings. The number of amides is 1. The van der Waals surface area contributed by atoms with Crippen LogP contribution < -0.4 is 10.1 Å². The summed E-state index contributed by atoms with van der Waals surface area (Å²) in [6.07, 6.45) is -0.989. The van der Waals surface area contributed by atoms with Gasteiger partial charge in [0.05, 0.1) is 12.7 Å². The SMILES string of the molecule is COc1ccc(NC(=O)C(C)OC(=O)c2cc(Cl)cc(Cl)c2)cc1. The molecule has 0 aromatic heterocycles. The molecule has 0 saturated heterocycles. The van der Waals surface area contributed by atoms with Crippen LogP contribution in [0.2, 0.25) is 10.0 Å². The van der Waals surface area contributed by atoms with Crippen molar-refractivity contribution in [2.24, 2.45) is 0 Å². The molecule has 1 atom stereocenters. The molecule has 7 heteroatoms. The van der Waals surface area contributed by atoms with Gasteiger partial charge < -0.3 is 14.8 Å². The number of halogens is 2. The smallest absolute Gasteiger partial charge is 0.339 e. The lowest BCUT2D eigenvalue weighted by Crippen LogP contribution is -2.30. The zero-order valence-electron chi connectivity index (χ0n) is 13.0. The number of rotatable bonds is 5. The lowest BCUT2D eigenvalue weighted by Gasteiger charge is -2.14. The van der Waals surface area contributed by atoms with Crippen LogP contribution in [0.3, 0.4) is 0 Å². The predicted molar refractivity (Wildman–Crippen MR) is 93.0 cm³/mol. The van der Waals surface area contributed by atoms with Gasteiger partial charge in [0.1, 0.15) is 5.75 Å². The van der Waals surface area contributed by atoms with Gasteiger partial charge in [-0.1, -0.05) is 23.2 Å². The average Bonchev–Trinajstić information content (AvgIpc) is 2.54. The van der Waals surface area contributed by atoms with Crippen LogP contribution in [-0.4, -0.2) is 25.1 Å². The Hall–Kier alpha value is -2.24. The quantitative estimate of drug-likeness (QED) is 0.804. The number of hydrogen-bond acceptors (Lipinski definition) is 4. The van der Waals surface area contributed by atoms with E-state index < -0.39 is 18.0 Å². The minimum atomic E-state index is -0.989. The van der Waals surface area contributed by atoms with Crippen LogP contribution in [0.25, 0.3) is 0 Å². The maximum atomic E-state index is 12.1. The summed E-state index contributed by atoms with van der Waals surface area (Å²) in [5, 5.41) is 3.27. The fourth-order valence-electron chi connectivity index (χ4n) is 1.87. The Morgan fingerprint density at radius 3 is 2.17 bits per heavy atom. The Labute approximate surface area is 149 Å². The first-order valence-corrected chi connectivity index (χ1v) is 7.76. The van der Waals surface area contributed by atoms with Gasteiger partial charge >= 0.3 is 5.97 Å². The molecule has 0 aliphatic heterocycles. The van der Waals surface area contributed by atoms with E-state index in [0.717, 1.165) is 0 Å². The molecule has 2 rings (SSSR count). The molecule has 0 fully saturated rings. The summed E-state index contributed by atoms with van der Waals surface area (Å²) < 4.78 is 10.2. The summed E-state index contributed by atoms with van der Waals surface area (Å²) in [5.41, 5.74) is 0.742. The first-order valence-electron chi connectivity index (χ1n) is 7.01. The lowest BCUT2D eigenvalue weighted by atomic mass is 10.2. The van der Waals surface area contributed by atoms with E-state index in [1.807, 2.05) is 0 Å². The molecule has 1 unspecified atom stereocenters. The second kappa shape index (κ2) is 8.04. The number of nitrogens with one attached hydrogen (secondary N) is 1. The summed E-state index contributed by atoms with van der Waals surface area (Å²) in [4.78, 5) is 24.2. The molecule has 2 aromatic carbocycles. The number of carbonyl (C=O) groups is 2.